The van der Waals surface area contributed by atoms with Crippen LogP contribution < -0.4 is 15.0 Å². The van der Waals surface area contributed by atoms with Crippen molar-refractivity contribution in [3.63, 3.8) is 0 Å². The Balaban J connectivity index is 0.000000331. The standard InChI is InChI=1S/C20H22F2N2O.C4H4O4/c1-13-18-3-5-23-4-2-15(18)10-19-20(13)24(6-7-25-19)12-14-8-16(21)11-17(22)9-14;5-3(6)1-2-4(7)8/h8-11,23H,2-7,12H2,1H3;1-2H,(H,5,6)(H,7,8)/b;2-1+. The minimum absolute atomic E-state index is 0.475. The monoisotopic (exact) mass is 460 g/mol. The number of nitrogens with one attached hydrogen (secondary N) is 1. The van der Waals surface area contributed by atoms with Crippen molar-refractivity contribution in [2.24, 2.45) is 0 Å². The van der Waals surface area contributed by atoms with E-state index in [-0.39, 0.29) is 0 Å². The van der Waals surface area contributed by atoms with Crippen LogP contribution in [0.4, 0.5) is 14.5 Å². The largest absolute Gasteiger partial charge is 0.490 e. The van der Waals surface area contributed by atoms with E-state index in [1.165, 1.54) is 28.8 Å². The molecule has 4 rings (SSSR count). The molecule has 0 fully saturated rings. The molecule has 0 saturated carbocycles. The van der Waals surface area contributed by atoms with Crippen LogP contribution >= 0.6 is 0 Å². The first-order valence-corrected chi connectivity index (χ1v) is 10.6. The van der Waals surface area contributed by atoms with Crippen molar-refractivity contribution >= 4 is 17.6 Å². The smallest absolute Gasteiger partial charge is 0.328 e. The predicted octanol–water partition coefficient (Wildman–Crippen LogP) is 3.07. The molecular weight excluding hydrogens is 434 g/mol. The Bertz CT molecular complexity index is 1040. The van der Waals surface area contributed by atoms with E-state index in [0.29, 0.717) is 37.4 Å². The van der Waals surface area contributed by atoms with E-state index in [4.69, 9.17) is 14.9 Å². The van der Waals surface area contributed by atoms with Gasteiger partial charge in [-0.3, -0.25) is 0 Å². The van der Waals surface area contributed by atoms with Gasteiger partial charge in [-0.05, 0) is 73.3 Å². The normalized spacial score (nSPS) is 14.9. The number of nitrogens with zero attached hydrogens (tertiary/aromatic N) is 1. The Hall–Kier alpha value is -3.46. The maximum atomic E-state index is 13.5. The summed E-state index contributed by atoms with van der Waals surface area (Å²) in [5, 5.41) is 19.1. The third kappa shape index (κ3) is 6.52. The molecule has 0 unspecified atom stereocenters. The van der Waals surface area contributed by atoms with Gasteiger partial charge in [0.25, 0.3) is 0 Å². The van der Waals surface area contributed by atoms with Crippen LogP contribution in [0, 0.1) is 18.6 Å². The molecule has 0 spiro atoms. The molecular formula is C24H26F2N2O5. The molecule has 9 heteroatoms. The SMILES string of the molecule is Cc1c2c(cc3c1N(Cc1cc(F)cc(F)c1)CCO3)CCNCC2.O=C(O)/C=C/C(=O)O. The number of carboxylic acid groups (broad SMARTS) is 2. The molecule has 0 atom stereocenters. The van der Waals surface area contributed by atoms with Crippen molar-refractivity contribution < 1.29 is 33.3 Å². The summed E-state index contributed by atoms with van der Waals surface area (Å²) in [6, 6.07) is 5.87. The summed E-state index contributed by atoms with van der Waals surface area (Å²) < 4.78 is 33.0. The second kappa shape index (κ2) is 10.9. The number of aliphatic carboxylic acids is 2. The fraction of sp³-hybridized carbons (Fsp3) is 0.333. The highest BCUT2D eigenvalue weighted by Crippen LogP contribution is 2.40. The van der Waals surface area contributed by atoms with Crippen LogP contribution in [0.3, 0.4) is 0 Å². The molecule has 0 amide bonds. The van der Waals surface area contributed by atoms with Gasteiger partial charge in [-0.25, -0.2) is 18.4 Å². The van der Waals surface area contributed by atoms with Crippen molar-refractivity contribution in [1.29, 1.82) is 0 Å². The molecule has 0 aliphatic carbocycles. The number of carbonyl (C=O) groups is 2. The number of benzene rings is 2. The number of fused-ring (bicyclic) bond motifs is 2. The third-order valence-corrected chi connectivity index (χ3v) is 5.46. The van der Waals surface area contributed by atoms with E-state index in [1.807, 2.05) is 0 Å². The maximum absolute atomic E-state index is 13.5. The molecule has 0 saturated heterocycles. The summed E-state index contributed by atoms with van der Waals surface area (Å²) in [5.74, 6) is -2.69. The number of halogens is 2. The van der Waals surface area contributed by atoms with Crippen molar-refractivity contribution in [1.82, 2.24) is 5.32 Å². The lowest BCUT2D eigenvalue weighted by atomic mass is 9.94. The number of carboxylic acids is 2. The summed E-state index contributed by atoms with van der Waals surface area (Å²) in [6.07, 6.45) is 3.11. The minimum Gasteiger partial charge on any atom is -0.490 e. The molecule has 0 aromatic heterocycles. The predicted molar refractivity (Wildman–Crippen MR) is 119 cm³/mol. The van der Waals surface area contributed by atoms with E-state index < -0.39 is 23.6 Å². The van der Waals surface area contributed by atoms with Crippen LogP contribution in [0.2, 0.25) is 0 Å². The zero-order valence-electron chi connectivity index (χ0n) is 18.2. The molecule has 2 heterocycles. The highest BCUT2D eigenvalue weighted by molar-refractivity contribution is 5.89. The van der Waals surface area contributed by atoms with Gasteiger partial charge >= 0.3 is 11.9 Å². The summed E-state index contributed by atoms with van der Waals surface area (Å²) in [7, 11) is 0. The highest BCUT2D eigenvalue weighted by Gasteiger charge is 2.25. The third-order valence-electron chi connectivity index (χ3n) is 5.46. The molecule has 0 bridgehead atoms. The molecule has 3 N–H and O–H groups in total. The van der Waals surface area contributed by atoms with Crippen LogP contribution in [-0.4, -0.2) is 48.4 Å². The number of hydrogen-bond acceptors (Lipinski definition) is 5. The van der Waals surface area contributed by atoms with E-state index in [0.717, 1.165) is 43.4 Å². The molecule has 7 nitrogen and oxygen atoms in total. The quantitative estimate of drug-likeness (QED) is 0.603. The molecule has 2 aromatic rings. The summed E-state index contributed by atoms with van der Waals surface area (Å²) in [4.78, 5) is 21.3. The zero-order valence-corrected chi connectivity index (χ0v) is 18.2. The Kier molecular flexibility index (Phi) is 8.00. The first-order valence-electron chi connectivity index (χ1n) is 10.6. The average Bonchev–Trinajstić information content (AvgIpc) is 2.98. The van der Waals surface area contributed by atoms with Gasteiger partial charge in [0.1, 0.15) is 24.0 Å². The molecule has 2 aromatic carbocycles. The van der Waals surface area contributed by atoms with Gasteiger partial charge < -0.3 is 25.2 Å². The van der Waals surface area contributed by atoms with Crippen LogP contribution in [0.25, 0.3) is 0 Å². The van der Waals surface area contributed by atoms with Crippen LogP contribution in [0.1, 0.15) is 22.3 Å². The van der Waals surface area contributed by atoms with Gasteiger partial charge in [-0.2, -0.15) is 0 Å². The van der Waals surface area contributed by atoms with Crippen LogP contribution in [-0.2, 0) is 29.0 Å². The van der Waals surface area contributed by atoms with Gasteiger partial charge in [-0.1, -0.05) is 0 Å². The number of anilines is 1. The Labute approximate surface area is 190 Å². The molecule has 2 aliphatic rings. The van der Waals surface area contributed by atoms with E-state index in [2.05, 4.69) is 23.2 Å². The van der Waals surface area contributed by atoms with Gasteiger partial charge in [0, 0.05) is 24.8 Å². The fourth-order valence-corrected chi connectivity index (χ4v) is 4.12. The average molecular weight is 460 g/mol. The fourth-order valence-electron chi connectivity index (χ4n) is 4.12. The van der Waals surface area contributed by atoms with Gasteiger partial charge in [-0.15, -0.1) is 0 Å². The second-order valence-corrected chi connectivity index (χ2v) is 7.79. The Morgan fingerprint density at radius 3 is 2.33 bits per heavy atom. The van der Waals surface area contributed by atoms with Crippen molar-refractivity contribution in [3.05, 3.63) is 70.3 Å². The number of ether oxygens (including phenoxy) is 1. The second-order valence-electron chi connectivity index (χ2n) is 7.79. The first kappa shape index (κ1) is 24.2. The van der Waals surface area contributed by atoms with Gasteiger partial charge in [0.05, 0.1) is 12.2 Å². The summed E-state index contributed by atoms with van der Waals surface area (Å²) in [5.41, 5.74) is 5.66. The molecule has 0 radical (unpaired) electrons. The Morgan fingerprint density at radius 1 is 1.06 bits per heavy atom. The van der Waals surface area contributed by atoms with Crippen LogP contribution in [0.15, 0.2) is 36.4 Å². The van der Waals surface area contributed by atoms with Crippen molar-refractivity contribution in [2.45, 2.75) is 26.3 Å². The van der Waals surface area contributed by atoms with Gasteiger partial charge in [0.2, 0.25) is 0 Å². The zero-order chi connectivity index (χ0) is 24.0. The van der Waals surface area contributed by atoms with E-state index in [9.17, 15) is 18.4 Å². The minimum atomic E-state index is -1.26. The first-order chi connectivity index (χ1) is 15.7. The molecule has 176 valence electrons. The number of hydrogen-bond donors (Lipinski definition) is 3. The topological polar surface area (TPSA) is 99.1 Å². The molecule has 33 heavy (non-hydrogen) atoms. The number of rotatable bonds is 4. The van der Waals surface area contributed by atoms with Crippen molar-refractivity contribution in [3.8, 4) is 5.75 Å². The Morgan fingerprint density at radius 2 is 1.70 bits per heavy atom. The van der Waals surface area contributed by atoms with E-state index >= 15 is 0 Å². The van der Waals surface area contributed by atoms with Crippen molar-refractivity contribution in [2.75, 3.05) is 31.1 Å². The summed E-state index contributed by atoms with van der Waals surface area (Å²) >= 11 is 0. The lowest BCUT2D eigenvalue weighted by Crippen LogP contribution is -2.33. The lowest BCUT2D eigenvalue weighted by Gasteiger charge is -2.34. The lowest BCUT2D eigenvalue weighted by molar-refractivity contribution is -0.134. The maximum Gasteiger partial charge on any atom is 0.328 e. The van der Waals surface area contributed by atoms with E-state index in [1.54, 1.807) is 0 Å². The van der Waals surface area contributed by atoms with Gasteiger partial charge in [0.15, 0.2) is 0 Å². The van der Waals surface area contributed by atoms with Crippen LogP contribution in [0.5, 0.6) is 5.75 Å². The molecule has 2 aliphatic heterocycles. The summed E-state index contributed by atoms with van der Waals surface area (Å²) in [6.45, 7) is 5.87. The highest BCUT2D eigenvalue weighted by atomic mass is 19.1.